The molecule has 0 bridgehead atoms. The second-order valence-corrected chi connectivity index (χ2v) is 7.89. The van der Waals surface area contributed by atoms with Crippen LogP contribution in [0.3, 0.4) is 0 Å². The van der Waals surface area contributed by atoms with Crippen LogP contribution in [-0.4, -0.2) is 15.5 Å². The van der Waals surface area contributed by atoms with Gasteiger partial charge in [0, 0.05) is 22.6 Å². The third-order valence-corrected chi connectivity index (χ3v) is 5.76. The maximum atomic E-state index is 13.5. The van der Waals surface area contributed by atoms with Crippen molar-refractivity contribution < 1.29 is 9.18 Å². The Labute approximate surface area is 184 Å². The van der Waals surface area contributed by atoms with Gasteiger partial charge < -0.3 is 14.8 Å². The lowest BCUT2D eigenvalue weighted by molar-refractivity contribution is 0.194. The quantitative estimate of drug-likeness (QED) is 0.391. The molecule has 3 aromatic carbocycles. The van der Waals surface area contributed by atoms with Gasteiger partial charge in [-0.1, -0.05) is 41.9 Å². The first-order valence-electron chi connectivity index (χ1n) is 9.94. The molecule has 1 N–H and O–H groups in total. The number of amides is 2. The number of anilines is 1. The number of benzene rings is 3. The molecule has 0 radical (unpaired) electrons. The van der Waals surface area contributed by atoms with Gasteiger partial charge in [-0.05, 0) is 65.7 Å². The molecule has 0 saturated heterocycles. The van der Waals surface area contributed by atoms with Crippen LogP contribution in [0.25, 0.3) is 5.69 Å². The Morgan fingerprint density at radius 2 is 1.68 bits per heavy atom. The Kier molecular flexibility index (Phi) is 4.96. The summed E-state index contributed by atoms with van der Waals surface area (Å²) < 4.78 is 15.4. The SMILES string of the molecule is O=C(Nc1ccc(F)cc1)N1Cc2ccccc2-n2cccc2[C@H]1c1ccc(Cl)cc1. The Morgan fingerprint density at radius 3 is 2.45 bits per heavy atom. The van der Waals surface area contributed by atoms with Crippen LogP contribution in [0.2, 0.25) is 5.02 Å². The number of nitrogens with one attached hydrogen (secondary N) is 1. The van der Waals surface area contributed by atoms with Crippen LogP contribution in [0, 0.1) is 5.82 Å². The maximum Gasteiger partial charge on any atom is 0.322 e. The van der Waals surface area contributed by atoms with Crippen LogP contribution in [0.1, 0.15) is 22.9 Å². The average Bonchev–Trinajstić information content (AvgIpc) is 3.20. The summed E-state index contributed by atoms with van der Waals surface area (Å²) in [4.78, 5) is 15.3. The molecule has 2 amide bonds. The van der Waals surface area contributed by atoms with Crippen LogP contribution in [0.5, 0.6) is 0 Å². The van der Waals surface area contributed by atoms with E-state index in [2.05, 4.69) is 16.0 Å². The molecule has 0 saturated carbocycles. The summed E-state index contributed by atoms with van der Waals surface area (Å²) in [6.45, 7) is 0.415. The van der Waals surface area contributed by atoms with E-state index in [1.807, 2.05) is 60.8 Å². The van der Waals surface area contributed by atoms with Gasteiger partial charge in [0.15, 0.2) is 0 Å². The largest absolute Gasteiger partial charge is 0.322 e. The second kappa shape index (κ2) is 7.93. The predicted molar refractivity (Wildman–Crippen MR) is 120 cm³/mol. The molecule has 2 heterocycles. The van der Waals surface area contributed by atoms with E-state index in [0.29, 0.717) is 17.3 Å². The van der Waals surface area contributed by atoms with Gasteiger partial charge in [-0.2, -0.15) is 0 Å². The first-order chi connectivity index (χ1) is 15.1. The van der Waals surface area contributed by atoms with E-state index >= 15 is 0 Å². The molecule has 6 heteroatoms. The fourth-order valence-corrected chi connectivity index (χ4v) is 4.19. The lowest BCUT2D eigenvalue weighted by atomic mass is 10.0. The lowest BCUT2D eigenvalue weighted by Gasteiger charge is -2.31. The van der Waals surface area contributed by atoms with E-state index in [1.54, 1.807) is 17.0 Å². The molecular weight excluding hydrogens is 413 g/mol. The Balaban J connectivity index is 1.62. The first kappa shape index (κ1) is 19.4. The predicted octanol–water partition coefficient (Wildman–Crippen LogP) is 6.41. The molecule has 0 spiro atoms. The molecule has 4 nitrogen and oxygen atoms in total. The van der Waals surface area contributed by atoms with Crippen molar-refractivity contribution in [1.82, 2.24) is 9.47 Å². The maximum absolute atomic E-state index is 13.5. The van der Waals surface area contributed by atoms with Gasteiger partial charge >= 0.3 is 6.03 Å². The summed E-state index contributed by atoms with van der Waals surface area (Å²) in [5, 5.41) is 3.55. The summed E-state index contributed by atoms with van der Waals surface area (Å²) in [6.07, 6.45) is 2.01. The molecule has 0 aliphatic carbocycles. The van der Waals surface area contributed by atoms with Crippen LogP contribution >= 0.6 is 11.6 Å². The standard InChI is InChI=1S/C25H19ClFN3O/c26-19-9-7-17(8-10-19)24-23-6-3-15-29(23)22-5-2-1-4-18(22)16-30(24)25(31)28-21-13-11-20(27)12-14-21/h1-15,24H,16H2,(H,28,31)/t24-/m1/s1. The molecule has 4 aromatic rings. The van der Waals surface area contributed by atoms with Crippen molar-refractivity contribution in [3.63, 3.8) is 0 Å². The number of nitrogens with zero attached hydrogens (tertiary/aromatic N) is 2. The number of para-hydroxylation sites is 1. The fourth-order valence-electron chi connectivity index (χ4n) is 4.06. The number of rotatable bonds is 2. The highest BCUT2D eigenvalue weighted by Gasteiger charge is 2.32. The lowest BCUT2D eigenvalue weighted by Crippen LogP contribution is -2.37. The van der Waals surface area contributed by atoms with Crippen LogP contribution in [0.4, 0.5) is 14.9 Å². The number of urea groups is 1. The van der Waals surface area contributed by atoms with Crippen molar-refractivity contribution in [2.24, 2.45) is 0 Å². The molecule has 1 aliphatic heterocycles. The highest BCUT2D eigenvalue weighted by atomic mass is 35.5. The number of fused-ring (bicyclic) bond motifs is 3. The number of carbonyl (C=O) groups excluding carboxylic acids is 1. The zero-order chi connectivity index (χ0) is 21.4. The monoisotopic (exact) mass is 431 g/mol. The molecule has 154 valence electrons. The minimum Gasteiger partial charge on any atom is -0.318 e. The molecule has 1 aliphatic rings. The Bertz CT molecular complexity index is 1230. The molecular formula is C25H19ClFN3O. The van der Waals surface area contributed by atoms with Gasteiger partial charge in [0.2, 0.25) is 0 Å². The zero-order valence-electron chi connectivity index (χ0n) is 16.5. The highest BCUT2D eigenvalue weighted by Crippen LogP contribution is 2.37. The molecule has 1 atom stereocenters. The third-order valence-electron chi connectivity index (χ3n) is 5.51. The number of hydrogen-bond donors (Lipinski definition) is 1. The van der Waals surface area contributed by atoms with Crippen molar-refractivity contribution in [2.75, 3.05) is 5.32 Å². The normalized spacial score (nSPS) is 15.0. The summed E-state index contributed by atoms with van der Waals surface area (Å²) in [5.41, 5.74) is 4.53. The molecule has 1 aromatic heterocycles. The minimum absolute atomic E-state index is 0.268. The Hall–Kier alpha value is -3.57. The summed E-state index contributed by atoms with van der Waals surface area (Å²) in [6, 6.07) is 24.8. The smallest absolute Gasteiger partial charge is 0.318 e. The van der Waals surface area contributed by atoms with Gasteiger partial charge in [0.05, 0.1) is 18.3 Å². The van der Waals surface area contributed by atoms with Crippen molar-refractivity contribution in [2.45, 2.75) is 12.6 Å². The van der Waals surface area contributed by atoms with Gasteiger partial charge in [-0.3, -0.25) is 0 Å². The summed E-state index contributed by atoms with van der Waals surface area (Å²) >= 11 is 6.13. The second-order valence-electron chi connectivity index (χ2n) is 7.45. The van der Waals surface area contributed by atoms with E-state index in [9.17, 15) is 9.18 Å². The minimum atomic E-state index is -0.349. The van der Waals surface area contributed by atoms with Gasteiger partial charge in [-0.25, -0.2) is 9.18 Å². The third kappa shape index (κ3) is 3.68. The van der Waals surface area contributed by atoms with Gasteiger partial charge in [0.1, 0.15) is 5.82 Å². The van der Waals surface area contributed by atoms with Crippen molar-refractivity contribution >= 4 is 23.3 Å². The number of halogens is 2. The fraction of sp³-hybridized carbons (Fsp3) is 0.0800. The van der Waals surface area contributed by atoms with Crippen molar-refractivity contribution in [3.05, 3.63) is 119 Å². The zero-order valence-corrected chi connectivity index (χ0v) is 17.3. The number of carbonyl (C=O) groups is 1. The van der Waals surface area contributed by atoms with Crippen LogP contribution in [-0.2, 0) is 6.54 Å². The van der Waals surface area contributed by atoms with E-state index in [0.717, 1.165) is 22.5 Å². The molecule has 31 heavy (non-hydrogen) atoms. The number of hydrogen-bond acceptors (Lipinski definition) is 1. The van der Waals surface area contributed by atoms with Crippen molar-refractivity contribution in [1.29, 1.82) is 0 Å². The topological polar surface area (TPSA) is 37.3 Å². The van der Waals surface area contributed by atoms with Gasteiger partial charge in [-0.15, -0.1) is 0 Å². The van der Waals surface area contributed by atoms with Gasteiger partial charge in [0.25, 0.3) is 0 Å². The van der Waals surface area contributed by atoms with Crippen LogP contribution < -0.4 is 5.32 Å². The van der Waals surface area contributed by atoms with E-state index in [1.165, 1.54) is 12.1 Å². The first-order valence-corrected chi connectivity index (χ1v) is 10.3. The van der Waals surface area contributed by atoms with E-state index in [4.69, 9.17) is 11.6 Å². The Morgan fingerprint density at radius 1 is 0.935 bits per heavy atom. The van der Waals surface area contributed by atoms with Crippen LogP contribution in [0.15, 0.2) is 91.1 Å². The van der Waals surface area contributed by atoms with Crippen molar-refractivity contribution in [3.8, 4) is 5.69 Å². The average molecular weight is 432 g/mol. The molecule has 0 fully saturated rings. The number of aromatic nitrogens is 1. The summed E-state index contributed by atoms with van der Waals surface area (Å²) in [7, 11) is 0. The highest BCUT2D eigenvalue weighted by molar-refractivity contribution is 6.30. The molecule has 0 unspecified atom stereocenters. The van der Waals surface area contributed by atoms with E-state index < -0.39 is 0 Å². The molecule has 5 rings (SSSR count). The summed E-state index contributed by atoms with van der Waals surface area (Å²) in [5.74, 6) is -0.349. The van der Waals surface area contributed by atoms with E-state index in [-0.39, 0.29) is 17.9 Å².